The van der Waals surface area contributed by atoms with E-state index in [2.05, 4.69) is 6.58 Å². The summed E-state index contributed by atoms with van der Waals surface area (Å²) in [6.45, 7) is 7.34. The number of ether oxygens (including phenoxy) is 6. The van der Waals surface area contributed by atoms with Crippen LogP contribution in [-0.4, -0.2) is 57.7 Å². The van der Waals surface area contributed by atoms with E-state index in [9.17, 15) is 9.59 Å². The van der Waals surface area contributed by atoms with Crippen molar-refractivity contribution < 1.29 is 38.0 Å². The van der Waals surface area contributed by atoms with E-state index in [0.717, 1.165) is 5.56 Å². The van der Waals surface area contributed by atoms with E-state index in [1.165, 1.54) is 14.0 Å². The lowest BCUT2D eigenvalue weighted by molar-refractivity contribution is -0.204. The minimum Gasteiger partial charge on any atom is -0.493 e. The molecular formula is C24H30O8. The highest BCUT2D eigenvalue weighted by atomic mass is 16.7. The van der Waals surface area contributed by atoms with E-state index < -0.39 is 35.1 Å². The Balaban J connectivity index is 1.96. The molecule has 0 N–H and O–H groups in total. The number of carbonyl (C=O) groups is 2. The van der Waals surface area contributed by atoms with Gasteiger partial charge in [-0.2, -0.15) is 0 Å². The van der Waals surface area contributed by atoms with Crippen molar-refractivity contribution >= 4 is 11.8 Å². The van der Waals surface area contributed by atoms with E-state index in [-0.39, 0.29) is 18.5 Å². The molecule has 2 fully saturated rings. The van der Waals surface area contributed by atoms with Crippen molar-refractivity contribution in [3.63, 3.8) is 0 Å². The van der Waals surface area contributed by atoms with E-state index in [1.807, 2.05) is 19.1 Å². The van der Waals surface area contributed by atoms with Crippen LogP contribution in [0.1, 0.15) is 38.2 Å². The molecule has 174 valence electrons. The fourth-order valence-corrected chi connectivity index (χ4v) is 6.12. The molecule has 0 saturated heterocycles. The predicted molar refractivity (Wildman–Crippen MR) is 114 cm³/mol. The Morgan fingerprint density at radius 3 is 2.62 bits per heavy atom. The molecule has 8 nitrogen and oxygen atoms in total. The van der Waals surface area contributed by atoms with Gasteiger partial charge in [-0.05, 0) is 36.5 Å². The number of ketones is 1. The van der Waals surface area contributed by atoms with Gasteiger partial charge in [-0.15, -0.1) is 6.58 Å². The fraction of sp³-hybridized carbons (Fsp3) is 0.583. The van der Waals surface area contributed by atoms with Gasteiger partial charge in [0.05, 0.1) is 13.2 Å². The zero-order chi connectivity index (χ0) is 23.3. The molecule has 0 radical (unpaired) electrons. The summed E-state index contributed by atoms with van der Waals surface area (Å²) in [5, 5.41) is 0. The molecular weight excluding hydrogens is 416 g/mol. The third-order valence-electron chi connectivity index (χ3n) is 7.45. The Kier molecular flexibility index (Phi) is 5.71. The van der Waals surface area contributed by atoms with Crippen molar-refractivity contribution in [3.05, 3.63) is 30.4 Å². The van der Waals surface area contributed by atoms with E-state index in [4.69, 9.17) is 28.4 Å². The van der Waals surface area contributed by atoms with Gasteiger partial charge in [0.2, 0.25) is 12.5 Å². The van der Waals surface area contributed by atoms with Gasteiger partial charge in [0, 0.05) is 32.5 Å². The number of benzene rings is 1. The first-order valence-electron chi connectivity index (χ1n) is 10.7. The lowest BCUT2D eigenvalue weighted by Gasteiger charge is -2.46. The molecule has 8 heteroatoms. The second-order valence-electron chi connectivity index (χ2n) is 8.71. The van der Waals surface area contributed by atoms with Crippen LogP contribution in [0.4, 0.5) is 0 Å². The molecule has 1 heterocycles. The minimum absolute atomic E-state index is 0.0892. The summed E-state index contributed by atoms with van der Waals surface area (Å²) in [7, 11) is 4.60. The number of Topliss-reactive ketones (excluding diaryl/α,β-unsaturated/α-hetero) is 1. The molecule has 2 saturated carbocycles. The van der Waals surface area contributed by atoms with Gasteiger partial charge in [0.15, 0.2) is 29.0 Å². The molecule has 0 unspecified atom stereocenters. The van der Waals surface area contributed by atoms with E-state index in [0.29, 0.717) is 30.1 Å². The first-order chi connectivity index (χ1) is 15.3. The van der Waals surface area contributed by atoms with Crippen LogP contribution in [0, 0.1) is 11.3 Å². The molecule has 32 heavy (non-hydrogen) atoms. The number of hydrogen-bond donors (Lipinski definition) is 0. The van der Waals surface area contributed by atoms with Gasteiger partial charge in [-0.3, -0.25) is 9.59 Å². The zero-order valence-electron chi connectivity index (χ0n) is 19.1. The van der Waals surface area contributed by atoms with Gasteiger partial charge in [-0.1, -0.05) is 13.0 Å². The molecule has 4 rings (SSSR count). The first-order valence-corrected chi connectivity index (χ1v) is 10.7. The van der Waals surface area contributed by atoms with Crippen LogP contribution < -0.4 is 14.2 Å². The minimum atomic E-state index is -1.44. The van der Waals surface area contributed by atoms with Gasteiger partial charge >= 0.3 is 5.97 Å². The number of methoxy groups -OCH3 is 3. The second-order valence-corrected chi connectivity index (χ2v) is 8.71. The third-order valence-corrected chi connectivity index (χ3v) is 7.45. The number of hydrogen-bond acceptors (Lipinski definition) is 8. The molecule has 1 aromatic rings. The lowest BCUT2D eigenvalue weighted by Crippen LogP contribution is -2.64. The van der Waals surface area contributed by atoms with Crippen LogP contribution in [0.15, 0.2) is 24.8 Å². The maximum Gasteiger partial charge on any atom is 0.303 e. The molecule has 1 aliphatic heterocycles. The molecule has 2 bridgehead atoms. The maximum absolute atomic E-state index is 14.2. The molecule has 2 aliphatic carbocycles. The Morgan fingerprint density at radius 2 is 2.03 bits per heavy atom. The highest BCUT2D eigenvalue weighted by Crippen LogP contribution is 2.65. The van der Waals surface area contributed by atoms with Gasteiger partial charge in [0.1, 0.15) is 0 Å². The molecule has 3 aliphatic rings. The standard InChI is InChI=1S/C24H30O8/c1-7-8-23-11-18(28-5)21(32-14(3)25)24(29-6,22(23)26)19(13(23)2)15-9-16(27-4)20-17(10-15)30-12-31-20/h7,9-10,13,18-19,21H,1,8,11-12H2,2-6H3/t13-,18+,19+,21+,23-,24-/m1/s1. The van der Waals surface area contributed by atoms with Gasteiger partial charge < -0.3 is 28.4 Å². The second kappa shape index (κ2) is 8.08. The molecule has 0 spiro atoms. The van der Waals surface area contributed by atoms with Crippen molar-refractivity contribution in [2.75, 3.05) is 28.1 Å². The summed E-state index contributed by atoms with van der Waals surface area (Å²) in [5.41, 5.74) is -1.43. The topological polar surface area (TPSA) is 89.5 Å². The summed E-state index contributed by atoms with van der Waals surface area (Å²) >= 11 is 0. The van der Waals surface area contributed by atoms with Crippen molar-refractivity contribution in [1.29, 1.82) is 0 Å². The number of fused-ring (bicyclic) bond motifs is 3. The number of esters is 1. The first kappa shape index (κ1) is 22.6. The van der Waals surface area contributed by atoms with Crippen molar-refractivity contribution in [3.8, 4) is 17.2 Å². The Bertz CT molecular complexity index is 942. The normalized spacial score (nSPS) is 35.0. The largest absolute Gasteiger partial charge is 0.493 e. The Morgan fingerprint density at radius 1 is 1.28 bits per heavy atom. The SMILES string of the molecule is C=CC[C@]12C[C@H](OC)[C@H](OC(C)=O)[C@@](OC)(C1=O)[C@H](c1cc(OC)c3c(c1)OCO3)[C@H]2C. The summed E-state index contributed by atoms with van der Waals surface area (Å²) in [4.78, 5) is 26.3. The number of allylic oxidation sites excluding steroid dienone is 1. The van der Waals surface area contributed by atoms with Crippen LogP contribution in [-0.2, 0) is 23.8 Å². The summed E-state index contributed by atoms with van der Waals surface area (Å²) in [6, 6.07) is 3.70. The van der Waals surface area contributed by atoms with Crippen molar-refractivity contribution in [1.82, 2.24) is 0 Å². The van der Waals surface area contributed by atoms with Crippen LogP contribution in [0.2, 0.25) is 0 Å². The van der Waals surface area contributed by atoms with Gasteiger partial charge in [0.25, 0.3) is 0 Å². The summed E-state index contributed by atoms with van der Waals surface area (Å²) in [6.07, 6.45) is 1.20. The predicted octanol–water partition coefficient (Wildman–Crippen LogP) is 3.02. The Labute approximate surface area is 187 Å². The van der Waals surface area contributed by atoms with Crippen LogP contribution in [0.3, 0.4) is 0 Å². The van der Waals surface area contributed by atoms with Crippen molar-refractivity contribution in [2.45, 2.75) is 50.4 Å². The monoisotopic (exact) mass is 446 g/mol. The number of rotatable bonds is 7. The van der Waals surface area contributed by atoms with Crippen molar-refractivity contribution in [2.24, 2.45) is 11.3 Å². The van der Waals surface area contributed by atoms with Crippen LogP contribution in [0.25, 0.3) is 0 Å². The third kappa shape index (κ3) is 2.89. The highest BCUT2D eigenvalue weighted by Gasteiger charge is 2.75. The summed E-state index contributed by atoms with van der Waals surface area (Å²) in [5.74, 6) is 0.350. The van der Waals surface area contributed by atoms with E-state index >= 15 is 0 Å². The summed E-state index contributed by atoms with van der Waals surface area (Å²) < 4.78 is 34.3. The Hall–Kier alpha value is -2.58. The average molecular weight is 446 g/mol. The average Bonchev–Trinajstić information content (AvgIpc) is 3.29. The lowest BCUT2D eigenvalue weighted by atomic mass is 9.66. The number of carbonyl (C=O) groups excluding carboxylic acids is 2. The zero-order valence-corrected chi connectivity index (χ0v) is 19.1. The quantitative estimate of drug-likeness (QED) is 0.466. The van der Waals surface area contributed by atoms with Gasteiger partial charge in [-0.25, -0.2) is 0 Å². The fourth-order valence-electron chi connectivity index (χ4n) is 6.12. The van der Waals surface area contributed by atoms with Crippen LogP contribution >= 0.6 is 0 Å². The molecule has 1 aromatic carbocycles. The molecule has 6 atom stereocenters. The maximum atomic E-state index is 14.2. The smallest absolute Gasteiger partial charge is 0.303 e. The molecule has 0 aromatic heterocycles. The molecule has 0 amide bonds. The van der Waals surface area contributed by atoms with Crippen LogP contribution in [0.5, 0.6) is 17.2 Å². The highest BCUT2D eigenvalue weighted by molar-refractivity contribution is 5.99. The van der Waals surface area contributed by atoms with E-state index in [1.54, 1.807) is 20.3 Å².